The third kappa shape index (κ3) is 2.96. The molecule has 1 aliphatic carbocycles. The number of rotatable bonds is 5. The van der Waals surface area contributed by atoms with Crippen LogP contribution in [-0.4, -0.2) is 31.1 Å². The average Bonchev–Trinajstić information content (AvgIpc) is 3.02. The minimum absolute atomic E-state index is 0.415. The lowest BCUT2D eigenvalue weighted by atomic mass is 10.0. The highest BCUT2D eigenvalue weighted by Crippen LogP contribution is 2.37. The first-order valence-electron chi connectivity index (χ1n) is 7.43. The van der Waals surface area contributed by atoms with Crippen LogP contribution in [0.2, 0.25) is 5.02 Å². The number of fused-ring (bicyclic) bond motifs is 2. The van der Waals surface area contributed by atoms with Crippen LogP contribution in [0.25, 0.3) is 0 Å². The summed E-state index contributed by atoms with van der Waals surface area (Å²) in [7, 11) is 2.04. The smallest absolute Gasteiger partial charge is 0.0409 e. The third-order valence-electron chi connectivity index (χ3n) is 4.83. The highest BCUT2D eigenvalue weighted by atomic mass is 35.5. The van der Waals surface area contributed by atoms with Crippen molar-refractivity contribution < 1.29 is 0 Å². The van der Waals surface area contributed by atoms with E-state index in [0.29, 0.717) is 6.04 Å². The van der Waals surface area contributed by atoms with Crippen molar-refractivity contribution in [1.29, 1.82) is 0 Å². The molecule has 2 bridgehead atoms. The zero-order chi connectivity index (χ0) is 13.2. The van der Waals surface area contributed by atoms with Gasteiger partial charge in [0.25, 0.3) is 0 Å². The van der Waals surface area contributed by atoms with Gasteiger partial charge in [-0.3, -0.25) is 0 Å². The van der Waals surface area contributed by atoms with Crippen LogP contribution in [0.5, 0.6) is 0 Å². The van der Waals surface area contributed by atoms with Gasteiger partial charge in [-0.05, 0) is 56.3 Å². The summed E-state index contributed by atoms with van der Waals surface area (Å²) < 4.78 is 0. The van der Waals surface area contributed by atoms with Crippen molar-refractivity contribution in [3.63, 3.8) is 0 Å². The first-order chi connectivity index (χ1) is 9.26. The van der Waals surface area contributed by atoms with E-state index in [9.17, 15) is 0 Å². The number of piperidine rings is 1. The van der Waals surface area contributed by atoms with Gasteiger partial charge in [-0.15, -0.1) is 0 Å². The van der Waals surface area contributed by atoms with Gasteiger partial charge in [-0.1, -0.05) is 23.7 Å². The molecule has 3 unspecified atom stereocenters. The molecular weight excluding hydrogens is 256 g/mol. The number of hydrogen-bond donors (Lipinski definition) is 1. The second-order valence-corrected chi connectivity index (χ2v) is 6.45. The predicted molar refractivity (Wildman–Crippen MR) is 80.6 cm³/mol. The Labute approximate surface area is 121 Å². The van der Waals surface area contributed by atoms with Crippen LogP contribution in [-0.2, 0) is 0 Å². The van der Waals surface area contributed by atoms with E-state index >= 15 is 0 Å². The lowest BCUT2D eigenvalue weighted by Crippen LogP contribution is -2.34. The van der Waals surface area contributed by atoms with Gasteiger partial charge in [0.2, 0.25) is 0 Å². The average molecular weight is 279 g/mol. The molecule has 104 valence electrons. The Morgan fingerprint density at radius 2 is 2.32 bits per heavy atom. The highest BCUT2D eigenvalue weighted by molar-refractivity contribution is 6.30. The fourth-order valence-electron chi connectivity index (χ4n) is 3.80. The van der Waals surface area contributed by atoms with Crippen LogP contribution in [0, 0.1) is 5.92 Å². The van der Waals surface area contributed by atoms with Crippen molar-refractivity contribution in [2.45, 2.75) is 37.8 Å². The molecule has 0 spiro atoms. The van der Waals surface area contributed by atoms with E-state index in [4.69, 9.17) is 11.6 Å². The maximum atomic E-state index is 6.09. The van der Waals surface area contributed by atoms with E-state index in [1.165, 1.54) is 44.3 Å². The fourth-order valence-corrected chi connectivity index (χ4v) is 4.00. The minimum atomic E-state index is 0.415. The number of benzene rings is 1. The summed E-state index contributed by atoms with van der Waals surface area (Å²) in [4.78, 5) is 2.70. The van der Waals surface area contributed by atoms with Crippen molar-refractivity contribution in [2.24, 2.45) is 5.92 Å². The molecule has 3 heteroatoms. The van der Waals surface area contributed by atoms with Gasteiger partial charge in [0, 0.05) is 30.2 Å². The van der Waals surface area contributed by atoms with Crippen LogP contribution in [0.4, 0.5) is 0 Å². The molecule has 1 heterocycles. The molecule has 3 atom stereocenters. The molecule has 1 N–H and O–H groups in total. The predicted octanol–water partition coefficient (Wildman–Crippen LogP) is 3.47. The molecule has 0 radical (unpaired) electrons. The number of nitrogens with one attached hydrogen (secondary N) is 1. The summed E-state index contributed by atoms with van der Waals surface area (Å²) in [6.07, 6.45) is 5.50. The van der Waals surface area contributed by atoms with Crippen LogP contribution < -0.4 is 5.32 Å². The standard InChI is InChI=1S/C16H23ClN2/c1-18-16(13-3-2-4-14(17)10-13)7-8-19-11-12-5-6-15(19)9-12/h2-4,10,12,15-16,18H,5-9,11H2,1H3. The Hall–Kier alpha value is -0.570. The van der Waals surface area contributed by atoms with Gasteiger partial charge >= 0.3 is 0 Å². The Morgan fingerprint density at radius 3 is 2.95 bits per heavy atom. The van der Waals surface area contributed by atoms with E-state index in [0.717, 1.165) is 17.0 Å². The first-order valence-corrected chi connectivity index (χ1v) is 7.81. The van der Waals surface area contributed by atoms with Crippen molar-refractivity contribution in [3.05, 3.63) is 34.9 Å². The quantitative estimate of drug-likeness (QED) is 0.887. The molecule has 0 aromatic heterocycles. The number of nitrogens with zero attached hydrogens (tertiary/aromatic N) is 1. The zero-order valence-corrected chi connectivity index (χ0v) is 12.4. The lowest BCUT2D eigenvalue weighted by molar-refractivity contribution is 0.203. The van der Waals surface area contributed by atoms with Gasteiger partial charge in [0.1, 0.15) is 0 Å². The van der Waals surface area contributed by atoms with Crippen LogP contribution in [0.1, 0.15) is 37.3 Å². The van der Waals surface area contributed by atoms with Crippen molar-refractivity contribution in [1.82, 2.24) is 10.2 Å². The molecule has 1 aromatic rings. The second kappa shape index (κ2) is 5.82. The van der Waals surface area contributed by atoms with Gasteiger partial charge in [0.15, 0.2) is 0 Å². The molecular formula is C16H23ClN2. The Bertz CT molecular complexity index is 435. The number of likely N-dealkylation sites (tertiary alicyclic amines) is 1. The Morgan fingerprint density at radius 1 is 1.42 bits per heavy atom. The Kier molecular flexibility index (Phi) is 4.11. The van der Waals surface area contributed by atoms with E-state index < -0.39 is 0 Å². The minimum Gasteiger partial charge on any atom is -0.313 e. The van der Waals surface area contributed by atoms with Gasteiger partial charge in [-0.25, -0.2) is 0 Å². The van der Waals surface area contributed by atoms with E-state index in [1.807, 2.05) is 19.2 Å². The summed E-state index contributed by atoms with van der Waals surface area (Å²) in [5.74, 6) is 0.990. The normalized spacial score (nSPS) is 27.9. The molecule has 1 aliphatic heterocycles. The zero-order valence-electron chi connectivity index (χ0n) is 11.6. The van der Waals surface area contributed by atoms with E-state index in [2.05, 4.69) is 22.3 Å². The summed E-state index contributed by atoms with van der Waals surface area (Å²) >= 11 is 6.09. The van der Waals surface area contributed by atoms with Gasteiger partial charge in [-0.2, -0.15) is 0 Å². The molecule has 1 aromatic carbocycles. The molecule has 2 fully saturated rings. The molecule has 19 heavy (non-hydrogen) atoms. The summed E-state index contributed by atoms with van der Waals surface area (Å²) in [5.41, 5.74) is 1.30. The fraction of sp³-hybridized carbons (Fsp3) is 0.625. The maximum absolute atomic E-state index is 6.09. The molecule has 2 aliphatic rings. The number of hydrogen-bond acceptors (Lipinski definition) is 2. The summed E-state index contributed by atoms with van der Waals surface area (Å²) in [6, 6.07) is 9.53. The summed E-state index contributed by atoms with van der Waals surface area (Å²) in [5, 5.41) is 4.26. The third-order valence-corrected chi connectivity index (χ3v) is 5.06. The topological polar surface area (TPSA) is 15.3 Å². The molecule has 2 nitrogen and oxygen atoms in total. The van der Waals surface area contributed by atoms with Gasteiger partial charge < -0.3 is 10.2 Å². The maximum Gasteiger partial charge on any atom is 0.0409 e. The Balaban J connectivity index is 1.58. The number of halogens is 1. The molecule has 0 amide bonds. The van der Waals surface area contributed by atoms with Crippen molar-refractivity contribution in [2.75, 3.05) is 20.1 Å². The molecule has 1 saturated heterocycles. The largest absolute Gasteiger partial charge is 0.313 e. The van der Waals surface area contributed by atoms with Crippen LogP contribution in [0.3, 0.4) is 0 Å². The summed E-state index contributed by atoms with van der Waals surface area (Å²) in [6.45, 7) is 2.54. The highest BCUT2D eigenvalue weighted by Gasteiger charge is 2.37. The lowest BCUT2D eigenvalue weighted by Gasteiger charge is -2.28. The van der Waals surface area contributed by atoms with Crippen LogP contribution >= 0.6 is 11.6 Å². The van der Waals surface area contributed by atoms with Gasteiger partial charge in [0.05, 0.1) is 0 Å². The van der Waals surface area contributed by atoms with E-state index in [-0.39, 0.29) is 0 Å². The monoisotopic (exact) mass is 278 g/mol. The van der Waals surface area contributed by atoms with Crippen molar-refractivity contribution in [3.8, 4) is 0 Å². The first kappa shape index (κ1) is 13.4. The van der Waals surface area contributed by atoms with Crippen molar-refractivity contribution >= 4 is 11.6 Å². The van der Waals surface area contributed by atoms with Crippen LogP contribution in [0.15, 0.2) is 24.3 Å². The SMILES string of the molecule is CNC(CCN1CC2CCC1C2)c1cccc(Cl)c1. The molecule has 1 saturated carbocycles. The second-order valence-electron chi connectivity index (χ2n) is 6.01. The van der Waals surface area contributed by atoms with E-state index in [1.54, 1.807) is 0 Å². The molecule has 3 rings (SSSR count).